The molecule has 0 aliphatic carbocycles. The molecule has 0 amide bonds. The molecule has 0 saturated carbocycles. The Morgan fingerprint density at radius 2 is 0.974 bits per heavy atom. The quantitative estimate of drug-likeness (QED) is 0.212. The number of halogens is 2. The second kappa shape index (κ2) is 9.37. The summed E-state index contributed by atoms with van der Waals surface area (Å²) in [5.74, 6) is -0.496. The Morgan fingerprint density at radius 1 is 0.538 bits per heavy atom. The fourth-order valence-corrected chi connectivity index (χ4v) is 7.51. The number of nitrogens with zero attached hydrogens (tertiary/aromatic N) is 4. The Hall–Kier alpha value is -3.92. The van der Waals surface area contributed by atoms with Gasteiger partial charge < -0.3 is 0 Å². The molecule has 190 valence electrons. The van der Waals surface area contributed by atoms with Gasteiger partial charge in [0.05, 0.1) is 11.7 Å². The average molecular weight is 569 g/mol. The number of hydrogen-bond donors (Lipinski definition) is 0. The van der Waals surface area contributed by atoms with E-state index >= 15 is 0 Å². The third-order valence-corrected chi connectivity index (χ3v) is 9.42. The van der Waals surface area contributed by atoms with Crippen LogP contribution in [0.2, 0.25) is 0 Å². The minimum Gasteiger partial charge on any atom is -0.252 e. The summed E-state index contributed by atoms with van der Waals surface area (Å²) in [6, 6.07) is 18.3. The Bertz CT molecular complexity index is 1900. The molecule has 9 heteroatoms. The minimum atomic E-state index is -0.248. The van der Waals surface area contributed by atoms with Crippen LogP contribution in [0.4, 0.5) is 8.78 Å². The van der Waals surface area contributed by atoms with E-state index in [4.69, 9.17) is 9.97 Å². The van der Waals surface area contributed by atoms with Crippen LogP contribution in [-0.2, 0) is 0 Å². The molecule has 3 aromatic carbocycles. The fourth-order valence-electron chi connectivity index (χ4n) is 4.79. The zero-order valence-corrected chi connectivity index (χ0v) is 23.1. The summed E-state index contributed by atoms with van der Waals surface area (Å²) in [5, 5.41) is 0. The van der Waals surface area contributed by atoms with Crippen LogP contribution in [0.3, 0.4) is 0 Å². The van der Waals surface area contributed by atoms with Crippen molar-refractivity contribution in [2.45, 2.75) is 13.8 Å². The van der Waals surface area contributed by atoms with Gasteiger partial charge in [0.1, 0.15) is 33.7 Å². The van der Waals surface area contributed by atoms with Crippen molar-refractivity contribution in [2.24, 2.45) is 0 Å². The number of benzene rings is 3. The fraction of sp³-hybridized carbons (Fsp3) is 0.0667. The van der Waals surface area contributed by atoms with Crippen molar-refractivity contribution in [3.8, 4) is 41.8 Å². The second-order valence-corrected chi connectivity index (χ2v) is 12.0. The van der Waals surface area contributed by atoms with Crippen molar-refractivity contribution in [3.05, 3.63) is 95.8 Å². The zero-order valence-electron chi connectivity index (χ0n) is 20.7. The summed E-state index contributed by atoms with van der Waals surface area (Å²) in [6.45, 7) is 3.75. The van der Waals surface area contributed by atoms with Gasteiger partial charge in [-0.2, -0.15) is 8.75 Å². The Balaban J connectivity index is 1.42. The highest BCUT2D eigenvalue weighted by atomic mass is 32.1. The zero-order chi connectivity index (χ0) is 26.7. The van der Waals surface area contributed by atoms with Gasteiger partial charge >= 0.3 is 0 Å². The van der Waals surface area contributed by atoms with Crippen LogP contribution in [0.25, 0.3) is 63.8 Å². The van der Waals surface area contributed by atoms with Gasteiger partial charge in [-0.05, 0) is 61.4 Å². The lowest BCUT2D eigenvalue weighted by Gasteiger charge is -2.09. The van der Waals surface area contributed by atoms with E-state index in [-0.39, 0.29) is 11.6 Å². The molecule has 0 aliphatic rings. The summed E-state index contributed by atoms with van der Waals surface area (Å²) >= 11 is 4.11. The molecule has 0 saturated heterocycles. The maximum absolute atomic E-state index is 14.8. The lowest BCUT2D eigenvalue weighted by Crippen LogP contribution is -1.92. The molecule has 0 aliphatic heterocycles. The average Bonchev–Trinajstić information content (AvgIpc) is 3.69. The first kappa shape index (κ1) is 24.1. The first-order valence-electron chi connectivity index (χ1n) is 12.1. The summed E-state index contributed by atoms with van der Waals surface area (Å²) in [4.78, 5) is 12.9. The van der Waals surface area contributed by atoms with Gasteiger partial charge in [0, 0.05) is 54.2 Å². The molecular formula is C30H18F2N4S3. The Labute approximate surface area is 234 Å². The number of aromatic nitrogens is 4. The van der Waals surface area contributed by atoms with Gasteiger partial charge in [-0.15, -0.1) is 22.7 Å². The molecule has 0 bridgehead atoms. The maximum Gasteiger partial charge on any atom is 0.132 e. The van der Waals surface area contributed by atoms with Gasteiger partial charge in [0.25, 0.3) is 0 Å². The van der Waals surface area contributed by atoms with Gasteiger partial charge in [0.15, 0.2) is 0 Å². The van der Waals surface area contributed by atoms with E-state index in [2.05, 4.69) is 8.75 Å². The van der Waals surface area contributed by atoms with Crippen LogP contribution < -0.4 is 0 Å². The predicted octanol–water partition coefficient (Wildman–Crippen LogP) is 9.32. The lowest BCUT2D eigenvalue weighted by molar-refractivity contribution is 0.630. The van der Waals surface area contributed by atoms with Crippen LogP contribution >= 0.6 is 34.4 Å². The number of thiophene rings is 2. The van der Waals surface area contributed by atoms with Crippen LogP contribution in [0.5, 0.6) is 0 Å². The highest BCUT2D eigenvalue weighted by Crippen LogP contribution is 2.47. The lowest BCUT2D eigenvalue weighted by atomic mass is 10.0. The van der Waals surface area contributed by atoms with Gasteiger partial charge in [-0.1, -0.05) is 24.3 Å². The third-order valence-electron chi connectivity index (χ3n) is 6.62. The molecule has 0 fully saturated rings. The van der Waals surface area contributed by atoms with Crippen molar-refractivity contribution in [2.75, 3.05) is 0 Å². The molecule has 4 aromatic heterocycles. The van der Waals surface area contributed by atoms with E-state index in [1.54, 1.807) is 24.5 Å². The molecule has 39 heavy (non-hydrogen) atoms. The second-order valence-electron chi connectivity index (χ2n) is 9.26. The normalized spacial score (nSPS) is 11.6. The molecular weight excluding hydrogens is 551 g/mol. The number of aryl methyl sites for hydroxylation is 2. The van der Waals surface area contributed by atoms with E-state index in [1.165, 1.54) is 22.7 Å². The highest BCUT2D eigenvalue weighted by molar-refractivity contribution is 7.19. The Morgan fingerprint density at radius 3 is 1.41 bits per heavy atom. The van der Waals surface area contributed by atoms with Crippen molar-refractivity contribution < 1.29 is 8.78 Å². The third kappa shape index (κ3) is 4.05. The maximum atomic E-state index is 14.8. The number of hydrogen-bond acceptors (Lipinski definition) is 7. The largest absolute Gasteiger partial charge is 0.252 e. The highest BCUT2D eigenvalue weighted by Gasteiger charge is 2.24. The van der Waals surface area contributed by atoms with E-state index in [9.17, 15) is 8.78 Å². The molecule has 4 nitrogen and oxygen atoms in total. The number of fused-ring (bicyclic) bond motifs is 2. The van der Waals surface area contributed by atoms with Crippen molar-refractivity contribution in [1.82, 2.24) is 18.7 Å². The van der Waals surface area contributed by atoms with Crippen molar-refractivity contribution >= 4 is 56.5 Å². The van der Waals surface area contributed by atoms with E-state index in [0.717, 1.165) is 64.5 Å². The Kier molecular flexibility index (Phi) is 5.80. The van der Waals surface area contributed by atoms with Crippen LogP contribution in [-0.4, -0.2) is 18.7 Å². The van der Waals surface area contributed by atoms with Crippen molar-refractivity contribution in [3.63, 3.8) is 0 Å². The SMILES string of the molecule is Cc1ccc(-c2ccc(-c3c4nccnc4c(-c4ccc(-c5ccc(C)cc5F)s4)c4nsnc34)s2)c(F)c1. The topological polar surface area (TPSA) is 51.6 Å². The molecule has 0 spiro atoms. The summed E-state index contributed by atoms with van der Waals surface area (Å²) in [6.07, 6.45) is 3.33. The van der Waals surface area contributed by atoms with Crippen LogP contribution in [0, 0.1) is 25.5 Å². The van der Waals surface area contributed by atoms with Crippen molar-refractivity contribution in [1.29, 1.82) is 0 Å². The molecule has 7 rings (SSSR count). The molecule has 0 atom stereocenters. The predicted molar refractivity (Wildman–Crippen MR) is 157 cm³/mol. The smallest absolute Gasteiger partial charge is 0.132 e. The molecule has 7 aromatic rings. The van der Waals surface area contributed by atoms with Crippen LogP contribution in [0.1, 0.15) is 11.1 Å². The molecule has 0 unspecified atom stereocenters. The van der Waals surface area contributed by atoms with Gasteiger partial charge in [0.2, 0.25) is 0 Å². The first-order chi connectivity index (χ1) is 19.0. The summed E-state index contributed by atoms with van der Waals surface area (Å²) in [7, 11) is 0. The monoisotopic (exact) mass is 568 g/mol. The molecule has 0 N–H and O–H groups in total. The summed E-state index contributed by atoms with van der Waals surface area (Å²) in [5.41, 5.74) is 7.37. The number of rotatable bonds is 4. The van der Waals surface area contributed by atoms with Crippen LogP contribution in [0.15, 0.2) is 73.1 Å². The van der Waals surface area contributed by atoms with E-state index < -0.39 is 0 Å². The molecule has 0 radical (unpaired) electrons. The minimum absolute atomic E-state index is 0.248. The standard InChI is InChI=1S/C30H18F2N4S3/c1-15-3-5-17(19(31)13-15)21-7-9-23(37-21)25-27-28(34-12-11-33-27)26(30-29(25)35-39-36-30)24-10-8-22(38-24)18-6-4-16(2)14-20(18)32/h3-14H,1-2H3. The summed E-state index contributed by atoms with van der Waals surface area (Å²) < 4.78 is 38.9. The first-order valence-corrected chi connectivity index (χ1v) is 14.5. The van der Waals surface area contributed by atoms with Gasteiger partial charge in [-0.3, -0.25) is 9.97 Å². The molecule has 4 heterocycles. The van der Waals surface area contributed by atoms with E-state index in [1.807, 2.05) is 62.4 Å². The van der Waals surface area contributed by atoms with E-state index in [0.29, 0.717) is 22.2 Å². The van der Waals surface area contributed by atoms with Gasteiger partial charge in [-0.25, -0.2) is 8.78 Å².